The summed E-state index contributed by atoms with van der Waals surface area (Å²) < 4.78 is 28.7. The molecule has 0 spiro atoms. The molecule has 1 rings (SSSR count). The van der Waals surface area contributed by atoms with Crippen molar-refractivity contribution in [1.29, 1.82) is 0 Å². The maximum absolute atomic E-state index is 12.2. The van der Waals surface area contributed by atoms with Gasteiger partial charge in [-0.15, -0.1) is 0 Å². The number of carbonyl (C=O) groups is 1. The van der Waals surface area contributed by atoms with Crippen LogP contribution in [0.1, 0.15) is 10.4 Å². The van der Waals surface area contributed by atoms with Gasteiger partial charge in [0.25, 0.3) is 5.91 Å². The van der Waals surface area contributed by atoms with Gasteiger partial charge in [0.15, 0.2) is 0 Å². The number of carbonyl (C=O) groups excluding carboxylic acids is 1. The van der Waals surface area contributed by atoms with E-state index in [-0.39, 0.29) is 11.3 Å². The molecule has 0 aliphatic rings. The molecule has 1 amide bonds. The third kappa shape index (κ3) is 3.86. The van der Waals surface area contributed by atoms with Gasteiger partial charge in [0.05, 0.1) is 25.4 Å². The fraction of sp³-hybridized carbons (Fsp3) is 0.417. The number of aliphatic hydroxyl groups is 3. The summed E-state index contributed by atoms with van der Waals surface area (Å²) in [6.07, 6.45) is 0. The van der Waals surface area contributed by atoms with Crippen LogP contribution < -0.4 is 10.1 Å². The van der Waals surface area contributed by atoms with Crippen LogP contribution in [0.2, 0.25) is 0 Å². The van der Waals surface area contributed by atoms with Crippen LogP contribution in [0.4, 0.5) is 8.78 Å². The molecule has 6 nitrogen and oxygen atoms in total. The van der Waals surface area contributed by atoms with Crippen LogP contribution >= 0.6 is 0 Å². The minimum atomic E-state index is -3.10. The average Bonchev–Trinajstić information content (AvgIpc) is 2.44. The number of nitrogens with one attached hydrogen (secondary N) is 1. The minimum absolute atomic E-state index is 0.201. The summed E-state index contributed by atoms with van der Waals surface area (Å²) in [4.78, 5) is 12.0. The van der Waals surface area contributed by atoms with E-state index in [4.69, 9.17) is 15.3 Å². The Morgan fingerprint density at radius 2 is 1.75 bits per heavy atom. The lowest BCUT2D eigenvalue weighted by Crippen LogP contribution is -2.57. The topological polar surface area (TPSA) is 99.0 Å². The minimum Gasteiger partial charge on any atom is -0.434 e. The predicted octanol–water partition coefficient (Wildman–Crippen LogP) is -0.267. The monoisotopic (exact) mass is 291 g/mol. The molecule has 0 saturated carbocycles. The van der Waals surface area contributed by atoms with E-state index in [1.54, 1.807) is 0 Å². The van der Waals surface area contributed by atoms with Crippen molar-refractivity contribution in [3.05, 3.63) is 29.8 Å². The molecule has 1 aromatic rings. The summed E-state index contributed by atoms with van der Waals surface area (Å²) in [6, 6.07) is 5.27. The summed E-state index contributed by atoms with van der Waals surface area (Å²) >= 11 is 0. The lowest BCUT2D eigenvalue weighted by Gasteiger charge is -2.28. The summed E-state index contributed by atoms with van der Waals surface area (Å²) in [5.74, 6) is -1.21. The van der Waals surface area contributed by atoms with E-state index in [9.17, 15) is 13.6 Å². The van der Waals surface area contributed by atoms with Crippen LogP contribution in [0, 0.1) is 0 Å². The van der Waals surface area contributed by atoms with Gasteiger partial charge >= 0.3 is 6.61 Å². The molecular formula is C12H15F2NO5. The number of para-hydroxylation sites is 1. The number of hydrogen-bond donors (Lipinski definition) is 4. The highest BCUT2D eigenvalue weighted by molar-refractivity contribution is 5.97. The molecule has 0 saturated heterocycles. The number of hydrogen-bond acceptors (Lipinski definition) is 5. The quantitative estimate of drug-likeness (QED) is 0.554. The van der Waals surface area contributed by atoms with E-state index >= 15 is 0 Å². The van der Waals surface area contributed by atoms with Crippen LogP contribution in [0.5, 0.6) is 5.75 Å². The largest absolute Gasteiger partial charge is 0.434 e. The molecule has 4 N–H and O–H groups in total. The van der Waals surface area contributed by atoms with Crippen LogP contribution in [0.3, 0.4) is 0 Å². The van der Waals surface area contributed by atoms with Crippen molar-refractivity contribution >= 4 is 5.91 Å². The van der Waals surface area contributed by atoms with Crippen LogP contribution in [-0.2, 0) is 0 Å². The molecule has 0 radical (unpaired) electrons. The Morgan fingerprint density at radius 1 is 1.20 bits per heavy atom. The van der Waals surface area contributed by atoms with Crippen molar-refractivity contribution in [2.75, 3.05) is 19.8 Å². The number of ether oxygens (including phenoxy) is 1. The number of halogens is 2. The highest BCUT2D eigenvalue weighted by Gasteiger charge is 2.31. The first kappa shape index (κ1) is 16.3. The Balaban J connectivity index is 2.97. The van der Waals surface area contributed by atoms with Gasteiger partial charge < -0.3 is 25.4 Å². The van der Waals surface area contributed by atoms with Gasteiger partial charge in [-0.2, -0.15) is 8.78 Å². The lowest BCUT2D eigenvalue weighted by atomic mass is 10.0. The van der Waals surface area contributed by atoms with Crippen molar-refractivity contribution in [1.82, 2.24) is 5.32 Å². The Labute approximate surface area is 113 Å². The van der Waals surface area contributed by atoms with E-state index in [1.165, 1.54) is 24.3 Å². The van der Waals surface area contributed by atoms with Crippen molar-refractivity contribution in [3.63, 3.8) is 0 Å². The maximum Gasteiger partial charge on any atom is 0.387 e. The molecule has 112 valence electrons. The second kappa shape index (κ2) is 7.13. The molecule has 0 atom stereocenters. The Bertz CT molecular complexity index is 443. The first-order valence-electron chi connectivity index (χ1n) is 5.67. The zero-order valence-electron chi connectivity index (χ0n) is 10.4. The first-order valence-corrected chi connectivity index (χ1v) is 5.67. The highest BCUT2D eigenvalue weighted by Crippen LogP contribution is 2.20. The molecule has 1 aromatic carbocycles. The third-order valence-corrected chi connectivity index (χ3v) is 2.63. The molecule has 0 fully saturated rings. The van der Waals surface area contributed by atoms with E-state index in [2.05, 4.69) is 10.1 Å². The number of amides is 1. The van der Waals surface area contributed by atoms with Crippen LogP contribution in [0.15, 0.2) is 24.3 Å². The number of aliphatic hydroxyl groups excluding tert-OH is 3. The normalized spacial score (nSPS) is 11.5. The van der Waals surface area contributed by atoms with Gasteiger partial charge in [0.2, 0.25) is 0 Å². The van der Waals surface area contributed by atoms with Gasteiger partial charge in [-0.25, -0.2) is 0 Å². The van der Waals surface area contributed by atoms with Gasteiger partial charge in [-0.05, 0) is 12.1 Å². The van der Waals surface area contributed by atoms with E-state index in [0.717, 1.165) is 0 Å². The standard InChI is InChI=1S/C12H15F2NO5/c13-11(14)20-9-4-2-1-3-8(9)10(19)15-12(5-16,6-17)7-18/h1-4,11,16-18H,5-7H2,(H,15,19). The second-order valence-corrected chi connectivity index (χ2v) is 4.08. The molecule has 0 unspecified atom stereocenters. The van der Waals surface area contributed by atoms with E-state index in [1.807, 2.05) is 0 Å². The van der Waals surface area contributed by atoms with Gasteiger partial charge in [0.1, 0.15) is 11.3 Å². The van der Waals surface area contributed by atoms with Crippen molar-refractivity contribution in [3.8, 4) is 5.75 Å². The van der Waals surface area contributed by atoms with Crippen LogP contribution in [-0.4, -0.2) is 53.2 Å². The van der Waals surface area contributed by atoms with Crippen molar-refractivity contribution in [2.45, 2.75) is 12.2 Å². The summed E-state index contributed by atoms with van der Waals surface area (Å²) in [5.41, 5.74) is -1.85. The molecule has 0 heterocycles. The third-order valence-electron chi connectivity index (χ3n) is 2.63. The lowest BCUT2D eigenvalue weighted by molar-refractivity contribution is -0.0502. The molecular weight excluding hydrogens is 276 g/mol. The molecule has 0 aliphatic carbocycles. The second-order valence-electron chi connectivity index (χ2n) is 4.08. The molecule has 20 heavy (non-hydrogen) atoms. The predicted molar refractivity (Wildman–Crippen MR) is 64.5 cm³/mol. The van der Waals surface area contributed by atoms with E-state index in [0.29, 0.717) is 0 Å². The van der Waals surface area contributed by atoms with Crippen molar-refractivity contribution < 1.29 is 33.6 Å². The fourth-order valence-electron chi connectivity index (χ4n) is 1.43. The highest BCUT2D eigenvalue weighted by atomic mass is 19.3. The van der Waals surface area contributed by atoms with Crippen LogP contribution in [0.25, 0.3) is 0 Å². The summed E-state index contributed by atoms with van der Waals surface area (Å²) in [5, 5.41) is 29.5. The first-order chi connectivity index (χ1) is 9.48. The van der Waals surface area contributed by atoms with Gasteiger partial charge in [-0.3, -0.25) is 4.79 Å². The Kier molecular flexibility index (Phi) is 5.81. The molecule has 0 aromatic heterocycles. The number of benzene rings is 1. The molecule has 8 heteroatoms. The zero-order chi connectivity index (χ0) is 15.2. The summed E-state index contributed by atoms with van der Waals surface area (Å²) in [6.45, 7) is -5.25. The Hall–Kier alpha value is -1.77. The smallest absolute Gasteiger partial charge is 0.387 e. The zero-order valence-corrected chi connectivity index (χ0v) is 10.4. The summed E-state index contributed by atoms with van der Waals surface area (Å²) in [7, 11) is 0. The SMILES string of the molecule is O=C(NC(CO)(CO)CO)c1ccccc1OC(F)F. The number of alkyl halides is 2. The molecule has 0 bridgehead atoms. The maximum atomic E-state index is 12.2. The van der Waals surface area contributed by atoms with Gasteiger partial charge in [0, 0.05) is 0 Å². The molecule has 0 aliphatic heterocycles. The average molecular weight is 291 g/mol. The van der Waals surface area contributed by atoms with E-state index < -0.39 is 37.9 Å². The van der Waals surface area contributed by atoms with Gasteiger partial charge in [-0.1, -0.05) is 12.1 Å². The Morgan fingerprint density at radius 3 is 2.25 bits per heavy atom. The fourth-order valence-corrected chi connectivity index (χ4v) is 1.43. The van der Waals surface area contributed by atoms with Crippen molar-refractivity contribution in [2.24, 2.45) is 0 Å². The number of rotatable bonds is 7.